The molecule has 0 fully saturated rings. The summed E-state index contributed by atoms with van der Waals surface area (Å²) in [7, 11) is -2.43. The van der Waals surface area contributed by atoms with Gasteiger partial charge in [0.05, 0.1) is 0 Å². The molecule has 0 atom stereocenters. The zero-order chi connectivity index (χ0) is 17.1. The van der Waals surface area contributed by atoms with E-state index in [9.17, 15) is 0 Å². The topological polar surface area (TPSA) is 21.7 Å². The average Bonchev–Trinajstić information content (AvgIpc) is 2.59. The van der Waals surface area contributed by atoms with Crippen molar-refractivity contribution in [2.45, 2.75) is 40.2 Å². The fourth-order valence-electron chi connectivity index (χ4n) is 3.04. The number of hydrogen-bond acceptors (Lipinski definition) is 3. The first-order valence-electron chi connectivity index (χ1n) is 8.89. The van der Waals surface area contributed by atoms with Crippen LogP contribution in [0.25, 0.3) is 6.08 Å². The lowest BCUT2D eigenvalue weighted by Gasteiger charge is -2.32. The summed E-state index contributed by atoms with van der Waals surface area (Å²) in [6.45, 7) is 17.2. The van der Waals surface area contributed by atoms with Crippen molar-refractivity contribution in [2.24, 2.45) is 0 Å². The molecule has 0 aliphatic heterocycles. The maximum atomic E-state index is 6.30. The zero-order valence-corrected chi connectivity index (χ0v) is 16.3. The predicted molar refractivity (Wildman–Crippen MR) is 102 cm³/mol. The van der Waals surface area contributed by atoms with Gasteiger partial charge in [-0.05, 0) is 51.5 Å². The van der Waals surface area contributed by atoms with Crippen LogP contribution in [0.15, 0.2) is 30.8 Å². The maximum absolute atomic E-state index is 6.30. The fraction of sp³-hybridized carbons (Fsp3) is 0.579. The highest BCUT2D eigenvalue weighted by Gasteiger charge is 2.40. The Labute approximate surface area is 143 Å². The van der Waals surface area contributed by atoms with Gasteiger partial charge in [-0.25, -0.2) is 0 Å². The molecule has 0 radical (unpaired) electrons. The third-order valence-corrected chi connectivity index (χ3v) is 8.02. The standard InChI is InChI=1S/C19H33NO2Si/c1-6-18-14-11-12-15-19(18)23(21-9-4,22-10-5)17-13-16-20(7-2)8-3/h6,11-12,14-15H,1,7-10,13,16-17H2,2-5H3. The van der Waals surface area contributed by atoms with Gasteiger partial charge in [-0.2, -0.15) is 0 Å². The third-order valence-electron chi connectivity index (χ3n) is 4.22. The fourth-order valence-corrected chi connectivity index (χ4v) is 6.52. The Bertz CT molecular complexity index is 454. The molecule has 0 bridgehead atoms. The second-order valence-corrected chi connectivity index (χ2v) is 8.66. The number of benzene rings is 1. The lowest BCUT2D eigenvalue weighted by molar-refractivity contribution is 0.192. The summed E-state index contributed by atoms with van der Waals surface area (Å²) in [6, 6.07) is 9.37. The molecule has 0 aliphatic rings. The monoisotopic (exact) mass is 335 g/mol. The highest BCUT2D eigenvalue weighted by molar-refractivity contribution is 6.81. The van der Waals surface area contributed by atoms with Crippen molar-refractivity contribution in [3.05, 3.63) is 36.4 Å². The molecule has 0 saturated heterocycles. The van der Waals surface area contributed by atoms with E-state index in [0.717, 1.165) is 37.7 Å². The molecule has 0 N–H and O–H groups in total. The smallest absolute Gasteiger partial charge is 0.373 e. The Kier molecular flexibility index (Phi) is 9.40. The quantitative estimate of drug-likeness (QED) is 0.543. The van der Waals surface area contributed by atoms with Gasteiger partial charge in [0.15, 0.2) is 0 Å². The zero-order valence-electron chi connectivity index (χ0n) is 15.3. The molecule has 0 aliphatic carbocycles. The molecular weight excluding hydrogens is 302 g/mol. The molecule has 1 aromatic carbocycles. The summed E-state index contributed by atoms with van der Waals surface area (Å²) >= 11 is 0. The average molecular weight is 336 g/mol. The van der Waals surface area contributed by atoms with E-state index >= 15 is 0 Å². The first-order chi connectivity index (χ1) is 11.2. The molecule has 4 heteroatoms. The van der Waals surface area contributed by atoms with Gasteiger partial charge in [-0.15, -0.1) is 0 Å². The van der Waals surface area contributed by atoms with E-state index < -0.39 is 8.56 Å². The minimum Gasteiger partial charge on any atom is -0.391 e. The normalized spacial score (nSPS) is 11.9. The highest BCUT2D eigenvalue weighted by Crippen LogP contribution is 2.20. The molecule has 130 valence electrons. The van der Waals surface area contributed by atoms with Crippen LogP contribution in [0.1, 0.15) is 39.7 Å². The first-order valence-corrected chi connectivity index (χ1v) is 10.9. The van der Waals surface area contributed by atoms with Crippen molar-refractivity contribution in [1.29, 1.82) is 0 Å². The molecule has 0 amide bonds. The van der Waals surface area contributed by atoms with E-state index in [0.29, 0.717) is 13.2 Å². The van der Waals surface area contributed by atoms with E-state index in [1.54, 1.807) is 0 Å². The Morgan fingerprint density at radius 1 is 1.04 bits per heavy atom. The largest absolute Gasteiger partial charge is 0.391 e. The van der Waals surface area contributed by atoms with Gasteiger partial charge in [0.1, 0.15) is 0 Å². The molecule has 0 heterocycles. The summed E-state index contributed by atoms with van der Waals surface area (Å²) in [6.07, 6.45) is 3.01. The van der Waals surface area contributed by atoms with Crippen LogP contribution in [-0.4, -0.2) is 46.3 Å². The number of hydrogen-bond donors (Lipinski definition) is 0. The summed E-state index contributed by atoms with van der Waals surface area (Å²) in [4.78, 5) is 2.45. The number of nitrogens with zero attached hydrogens (tertiary/aromatic N) is 1. The SMILES string of the molecule is C=Cc1ccccc1[Si](CCCN(CC)CC)(OCC)OCC. The minimum absolute atomic E-state index is 0.684. The third kappa shape index (κ3) is 5.57. The van der Waals surface area contributed by atoms with E-state index in [-0.39, 0.29) is 0 Å². The number of rotatable bonds is 12. The molecular formula is C19H33NO2Si. The highest BCUT2D eigenvalue weighted by atomic mass is 28.4. The minimum atomic E-state index is -2.43. The van der Waals surface area contributed by atoms with Crippen LogP contribution in [0.2, 0.25) is 6.04 Å². The summed E-state index contributed by atoms with van der Waals surface area (Å²) in [5.41, 5.74) is 1.14. The van der Waals surface area contributed by atoms with Gasteiger partial charge >= 0.3 is 8.56 Å². The second kappa shape index (κ2) is 10.8. The molecule has 0 aromatic heterocycles. The van der Waals surface area contributed by atoms with Crippen LogP contribution in [-0.2, 0) is 8.85 Å². The van der Waals surface area contributed by atoms with Gasteiger partial charge < -0.3 is 13.8 Å². The Balaban J connectivity index is 3.03. The maximum Gasteiger partial charge on any atom is 0.373 e. The van der Waals surface area contributed by atoms with Crippen molar-refractivity contribution in [3.8, 4) is 0 Å². The van der Waals surface area contributed by atoms with Gasteiger partial charge in [0.25, 0.3) is 0 Å². The molecule has 1 rings (SSSR count). The van der Waals surface area contributed by atoms with Crippen molar-refractivity contribution in [2.75, 3.05) is 32.8 Å². The van der Waals surface area contributed by atoms with Crippen LogP contribution in [0.4, 0.5) is 0 Å². The Morgan fingerprint density at radius 3 is 2.17 bits per heavy atom. The van der Waals surface area contributed by atoms with E-state index in [2.05, 4.69) is 57.4 Å². The first kappa shape index (κ1) is 20.1. The van der Waals surface area contributed by atoms with Crippen molar-refractivity contribution >= 4 is 19.8 Å². The second-order valence-electron chi connectivity index (χ2n) is 5.54. The van der Waals surface area contributed by atoms with Crippen LogP contribution < -0.4 is 5.19 Å². The molecule has 0 saturated carbocycles. The Hall–Kier alpha value is -0.943. The Morgan fingerprint density at radius 2 is 1.65 bits per heavy atom. The van der Waals surface area contributed by atoms with Gasteiger partial charge in [0, 0.05) is 18.4 Å². The van der Waals surface area contributed by atoms with Crippen molar-refractivity contribution < 1.29 is 8.85 Å². The van der Waals surface area contributed by atoms with Gasteiger partial charge in [0.2, 0.25) is 0 Å². The van der Waals surface area contributed by atoms with Crippen LogP contribution >= 0.6 is 0 Å². The summed E-state index contributed by atoms with van der Waals surface area (Å²) < 4.78 is 12.6. The summed E-state index contributed by atoms with van der Waals surface area (Å²) in [5.74, 6) is 0. The van der Waals surface area contributed by atoms with E-state index in [4.69, 9.17) is 8.85 Å². The van der Waals surface area contributed by atoms with E-state index in [1.165, 1.54) is 5.19 Å². The van der Waals surface area contributed by atoms with E-state index in [1.807, 2.05) is 12.1 Å². The van der Waals surface area contributed by atoms with Crippen molar-refractivity contribution in [3.63, 3.8) is 0 Å². The van der Waals surface area contributed by atoms with Crippen molar-refractivity contribution in [1.82, 2.24) is 4.90 Å². The van der Waals surface area contributed by atoms with Gasteiger partial charge in [-0.1, -0.05) is 50.8 Å². The molecule has 1 aromatic rings. The lowest BCUT2D eigenvalue weighted by Crippen LogP contribution is -2.55. The van der Waals surface area contributed by atoms with Crippen LogP contribution in [0, 0.1) is 0 Å². The molecule has 0 unspecified atom stereocenters. The predicted octanol–water partition coefficient (Wildman–Crippen LogP) is 3.78. The van der Waals surface area contributed by atoms with Crippen LogP contribution in [0.3, 0.4) is 0 Å². The summed E-state index contributed by atoms with van der Waals surface area (Å²) in [5, 5.41) is 1.22. The molecule has 0 spiro atoms. The molecule has 3 nitrogen and oxygen atoms in total. The lowest BCUT2D eigenvalue weighted by atomic mass is 10.2. The molecule has 23 heavy (non-hydrogen) atoms. The van der Waals surface area contributed by atoms with Gasteiger partial charge in [-0.3, -0.25) is 0 Å². The van der Waals surface area contributed by atoms with Crippen LogP contribution in [0.5, 0.6) is 0 Å².